The number of hydrogen-bond acceptors (Lipinski definition) is 3. The van der Waals surface area contributed by atoms with E-state index >= 15 is 0 Å². The van der Waals surface area contributed by atoms with Crippen LogP contribution in [0.2, 0.25) is 5.15 Å². The van der Waals surface area contributed by atoms with Crippen LogP contribution in [0.5, 0.6) is 5.75 Å². The normalized spacial score (nSPS) is 11.5. The predicted octanol–water partition coefficient (Wildman–Crippen LogP) is 4.57. The Kier molecular flexibility index (Phi) is 4.37. The molecule has 0 atom stereocenters. The Morgan fingerprint density at radius 3 is 2.52 bits per heavy atom. The van der Waals surface area contributed by atoms with Crippen molar-refractivity contribution in [3.8, 4) is 17.1 Å². The Morgan fingerprint density at radius 1 is 1.24 bits per heavy atom. The third kappa shape index (κ3) is 3.85. The summed E-state index contributed by atoms with van der Waals surface area (Å²) in [7, 11) is 0. The summed E-state index contributed by atoms with van der Waals surface area (Å²) in [5, 5.41) is 0.308. The molecule has 1 aromatic carbocycles. The van der Waals surface area contributed by atoms with E-state index in [0.29, 0.717) is 22.8 Å². The highest BCUT2D eigenvalue weighted by atomic mass is 35.5. The van der Waals surface area contributed by atoms with E-state index in [1.165, 1.54) is 18.2 Å². The van der Waals surface area contributed by atoms with Crippen LogP contribution < -0.4 is 4.74 Å². The maximum Gasteiger partial charge on any atom is 0.573 e. The number of ether oxygens (including phenoxy) is 1. The van der Waals surface area contributed by atoms with Crippen molar-refractivity contribution in [3.05, 3.63) is 40.7 Å². The summed E-state index contributed by atoms with van der Waals surface area (Å²) in [5.41, 5.74) is 1.93. The van der Waals surface area contributed by atoms with Crippen molar-refractivity contribution in [1.82, 2.24) is 9.97 Å². The summed E-state index contributed by atoms with van der Waals surface area (Å²) in [6, 6.07) is 5.48. The Labute approximate surface area is 124 Å². The van der Waals surface area contributed by atoms with E-state index in [2.05, 4.69) is 14.7 Å². The lowest BCUT2D eigenvalue weighted by atomic mass is 10.1. The summed E-state index contributed by atoms with van der Waals surface area (Å²) in [4.78, 5) is 8.41. The van der Waals surface area contributed by atoms with Crippen LogP contribution in [0, 0.1) is 6.92 Å². The van der Waals surface area contributed by atoms with Crippen molar-refractivity contribution in [3.63, 3.8) is 0 Å². The van der Waals surface area contributed by atoms with Crippen molar-refractivity contribution in [2.75, 3.05) is 0 Å². The molecule has 0 aliphatic rings. The first-order chi connectivity index (χ1) is 9.80. The van der Waals surface area contributed by atoms with Crippen LogP contribution in [0.15, 0.2) is 24.3 Å². The van der Waals surface area contributed by atoms with E-state index < -0.39 is 6.36 Å². The molecule has 1 heterocycles. The number of rotatable bonds is 3. The van der Waals surface area contributed by atoms with Gasteiger partial charge < -0.3 is 4.74 Å². The van der Waals surface area contributed by atoms with Crippen molar-refractivity contribution in [1.29, 1.82) is 0 Å². The lowest BCUT2D eigenvalue weighted by Crippen LogP contribution is -2.17. The van der Waals surface area contributed by atoms with Gasteiger partial charge in [0.25, 0.3) is 0 Å². The number of hydrogen-bond donors (Lipinski definition) is 0. The molecule has 0 bridgehead atoms. The summed E-state index contributed by atoms with van der Waals surface area (Å²) >= 11 is 6.07. The highest BCUT2D eigenvalue weighted by Gasteiger charge is 2.31. The first-order valence-electron chi connectivity index (χ1n) is 6.19. The fourth-order valence-corrected chi connectivity index (χ4v) is 2.27. The van der Waals surface area contributed by atoms with E-state index in [9.17, 15) is 13.2 Å². The van der Waals surface area contributed by atoms with E-state index in [1.807, 2.05) is 6.92 Å². The molecule has 2 rings (SSSR count). The average molecular weight is 317 g/mol. The zero-order valence-electron chi connectivity index (χ0n) is 11.3. The first kappa shape index (κ1) is 15.6. The van der Waals surface area contributed by atoms with Crippen LogP contribution in [0.4, 0.5) is 13.2 Å². The zero-order valence-corrected chi connectivity index (χ0v) is 12.1. The quantitative estimate of drug-likeness (QED) is 0.778. The molecular weight excluding hydrogens is 305 g/mol. The van der Waals surface area contributed by atoms with Gasteiger partial charge in [-0.15, -0.1) is 13.2 Å². The third-order valence-corrected chi connectivity index (χ3v) is 3.16. The smallest absolute Gasteiger partial charge is 0.406 e. The van der Waals surface area contributed by atoms with E-state index in [1.54, 1.807) is 13.0 Å². The molecule has 0 radical (unpaired) electrons. The molecule has 0 amide bonds. The van der Waals surface area contributed by atoms with Gasteiger partial charge >= 0.3 is 6.36 Å². The van der Waals surface area contributed by atoms with Gasteiger partial charge in [0.15, 0.2) is 5.82 Å². The number of aryl methyl sites for hydroxylation is 1. The second-order valence-electron chi connectivity index (χ2n) is 4.33. The maximum absolute atomic E-state index is 12.2. The fraction of sp³-hybridized carbons (Fsp3) is 0.286. The van der Waals surface area contributed by atoms with Gasteiger partial charge in [-0.1, -0.05) is 30.7 Å². The molecule has 1 aromatic heterocycles. The molecule has 0 aliphatic heterocycles. The minimum absolute atomic E-state index is 0.266. The Balaban J connectivity index is 2.41. The van der Waals surface area contributed by atoms with Gasteiger partial charge in [0, 0.05) is 16.8 Å². The van der Waals surface area contributed by atoms with Crippen LogP contribution in [0.3, 0.4) is 0 Å². The van der Waals surface area contributed by atoms with Crippen LogP contribution in [-0.2, 0) is 6.42 Å². The van der Waals surface area contributed by atoms with E-state index in [4.69, 9.17) is 11.6 Å². The van der Waals surface area contributed by atoms with Crippen LogP contribution in [0.1, 0.15) is 18.2 Å². The Morgan fingerprint density at radius 2 is 1.95 bits per heavy atom. The molecule has 0 fully saturated rings. The molecule has 21 heavy (non-hydrogen) atoms. The largest absolute Gasteiger partial charge is 0.573 e. The molecule has 0 saturated heterocycles. The van der Waals surface area contributed by atoms with Gasteiger partial charge in [0.05, 0.1) is 0 Å². The summed E-state index contributed by atoms with van der Waals surface area (Å²) in [6.07, 6.45) is -4.05. The number of benzene rings is 1. The molecule has 2 aromatic rings. The lowest BCUT2D eigenvalue weighted by Gasteiger charge is -2.11. The second-order valence-corrected chi connectivity index (χ2v) is 4.69. The third-order valence-electron chi connectivity index (χ3n) is 2.84. The second kappa shape index (κ2) is 5.89. The van der Waals surface area contributed by atoms with Crippen molar-refractivity contribution in [2.45, 2.75) is 26.6 Å². The molecule has 112 valence electrons. The minimum Gasteiger partial charge on any atom is -0.406 e. The average Bonchev–Trinajstić information content (AvgIpc) is 2.36. The molecule has 3 nitrogen and oxygen atoms in total. The SMILES string of the molecule is CCc1c(C)nc(-c2cccc(OC(F)(F)F)c2)nc1Cl. The lowest BCUT2D eigenvalue weighted by molar-refractivity contribution is -0.274. The molecule has 0 N–H and O–H groups in total. The van der Waals surface area contributed by atoms with Gasteiger partial charge in [0.1, 0.15) is 10.9 Å². The van der Waals surface area contributed by atoms with Crippen molar-refractivity contribution in [2.24, 2.45) is 0 Å². The van der Waals surface area contributed by atoms with Crippen LogP contribution in [-0.4, -0.2) is 16.3 Å². The number of alkyl halides is 3. The Hall–Kier alpha value is -1.82. The highest BCUT2D eigenvalue weighted by molar-refractivity contribution is 6.30. The summed E-state index contributed by atoms with van der Waals surface area (Å²) < 4.78 is 40.6. The molecule has 0 spiro atoms. The van der Waals surface area contributed by atoms with Gasteiger partial charge in [-0.05, 0) is 25.5 Å². The molecule has 0 aliphatic carbocycles. The van der Waals surface area contributed by atoms with Crippen molar-refractivity contribution >= 4 is 11.6 Å². The maximum atomic E-state index is 12.2. The number of nitrogens with zero attached hydrogens (tertiary/aromatic N) is 2. The number of halogens is 4. The van der Waals surface area contributed by atoms with Crippen LogP contribution >= 0.6 is 11.6 Å². The fourth-order valence-electron chi connectivity index (χ4n) is 1.92. The van der Waals surface area contributed by atoms with Crippen molar-refractivity contribution < 1.29 is 17.9 Å². The zero-order chi connectivity index (χ0) is 15.6. The minimum atomic E-state index is -4.74. The van der Waals surface area contributed by atoms with E-state index in [0.717, 1.165) is 5.56 Å². The highest BCUT2D eigenvalue weighted by Crippen LogP contribution is 2.28. The van der Waals surface area contributed by atoms with Gasteiger partial charge in [0.2, 0.25) is 0 Å². The monoisotopic (exact) mass is 316 g/mol. The molecule has 0 unspecified atom stereocenters. The molecule has 7 heteroatoms. The topological polar surface area (TPSA) is 35.0 Å². The van der Waals surface area contributed by atoms with Gasteiger partial charge in [-0.2, -0.15) is 0 Å². The summed E-state index contributed by atoms with van der Waals surface area (Å²) in [6.45, 7) is 3.71. The number of aromatic nitrogens is 2. The van der Waals surface area contributed by atoms with Gasteiger partial charge in [-0.3, -0.25) is 0 Å². The predicted molar refractivity (Wildman–Crippen MR) is 73.3 cm³/mol. The Bertz CT molecular complexity index is 636. The standard InChI is InChI=1S/C14H12ClF3N2O/c1-3-11-8(2)19-13(20-12(11)15)9-5-4-6-10(7-9)21-14(16,17)18/h4-7H,3H2,1-2H3. The van der Waals surface area contributed by atoms with Crippen LogP contribution in [0.25, 0.3) is 11.4 Å². The van der Waals surface area contributed by atoms with E-state index in [-0.39, 0.29) is 11.6 Å². The molecular formula is C14H12ClF3N2O. The summed E-state index contributed by atoms with van der Waals surface area (Å²) in [5.74, 6) is -0.0562. The molecule has 0 saturated carbocycles. The first-order valence-corrected chi connectivity index (χ1v) is 6.57. The van der Waals surface area contributed by atoms with Gasteiger partial charge in [-0.25, -0.2) is 9.97 Å².